The van der Waals surface area contributed by atoms with Gasteiger partial charge in [0.1, 0.15) is 0 Å². The van der Waals surface area contributed by atoms with E-state index in [0.29, 0.717) is 6.42 Å². The monoisotopic (exact) mass is 207 g/mol. The molecule has 1 nitrogen and oxygen atoms in total. The maximum absolute atomic E-state index is 12.1. The second kappa shape index (κ2) is 4.75. The van der Waals surface area contributed by atoms with Gasteiger partial charge in [0, 0.05) is 19.6 Å². The Morgan fingerprint density at radius 2 is 2.20 bits per heavy atom. The molecule has 2 heteroatoms. The molecule has 1 aliphatic heterocycles. The molecule has 1 heterocycles. The molecule has 0 aliphatic carbocycles. The minimum absolute atomic E-state index is 0.197. The smallest absolute Gasteiger partial charge is 0.0906 e. The van der Waals surface area contributed by atoms with Gasteiger partial charge in [-0.3, -0.25) is 9.29 Å². The first-order valence-corrected chi connectivity index (χ1v) is 5.66. The fourth-order valence-corrected chi connectivity index (χ4v) is 2.22. The summed E-state index contributed by atoms with van der Waals surface area (Å²) in [4.78, 5) is 2.35. The van der Waals surface area contributed by atoms with E-state index in [4.69, 9.17) is 0 Å². The standard InChI is InChI=1S/C13H18FN/c1-11-3-4-12-5-8-15(7-2-6-14)10-13(12)9-11/h3-4,9H,2,5-8,10H2,1H3. The Hall–Kier alpha value is -0.890. The summed E-state index contributed by atoms with van der Waals surface area (Å²) in [5.41, 5.74) is 4.22. The van der Waals surface area contributed by atoms with Crippen LogP contribution in [0.3, 0.4) is 0 Å². The SMILES string of the molecule is Cc1ccc2c(c1)CN(CCCF)CC2. The van der Waals surface area contributed by atoms with Crippen LogP contribution in [-0.4, -0.2) is 24.7 Å². The Labute approximate surface area is 90.9 Å². The zero-order chi connectivity index (χ0) is 10.7. The molecule has 0 aromatic heterocycles. The van der Waals surface area contributed by atoms with Crippen molar-refractivity contribution >= 4 is 0 Å². The van der Waals surface area contributed by atoms with Gasteiger partial charge in [0.2, 0.25) is 0 Å². The van der Waals surface area contributed by atoms with Gasteiger partial charge in [0.25, 0.3) is 0 Å². The lowest BCUT2D eigenvalue weighted by Gasteiger charge is -2.28. The normalized spacial score (nSPS) is 16.4. The third kappa shape index (κ3) is 2.57. The first-order valence-electron chi connectivity index (χ1n) is 5.66. The minimum atomic E-state index is -0.197. The molecule has 0 radical (unpaired) electrons. The van der Waals surface area contributed by atoms with Crippen LogP contribution < -0.4 is 0 Å². The van der Waals surface area contributed by atoms with Crippen molar-refractivity contribution in [1.82, 2.24) is 4.90 Å². The molecular weight excluding hydrogens is 189 g/mol. The number of nitrogens with zero attached hydrogens (tertiary/aromatic N) is 1. The highest BCUT2D eigenvalue weighted by Crippen LogP contribution is 2.20. The molecular formula is C13H18FN. The van der Waals surface area contributed by atoms with Crippen LogP contribution >= 0.6 is 0 Å². The van der Waals surface area contributed by atoms with Crippen LogP contribution in [-0.2, 0) is 13.0 Å². The Morgan fingerprint density at radius 3 is 3.00 bits per heavy atom. The van der Waals surface area contributed by atoms with Crippen molar-refractivity contribution in [1.29, 1.82) is 0 Å². The Morgan fingerprint density at radius 1 is 1.33 bits per heavy atom. The number of hydrogen-bond acceptors (Lipinski definition) is 1. The average Bonchev–Trinajstić information content (AvgIpc) is 2.25. The molecule has 0 saturated heterocycles. The number of fused-ring (bicyclic) bond motifs is 1. The van der Waals surface area contributed by atoms with E-state index in [1.54, 1.807) is 0 Å². The zero-order valence-corrected chi connectivity index (χ0v) is 9.30. The van der Waals surface area contributed by atoms with Crippen LogP contribution in [0.1, 0.15) is 23.1 Å². The van der Waals surface area contributed by atoms with Gasteiger partial charge < -0.3 is 0 Å². The van der Waals surface area contributed by atoms with Crippen molar-refractivity contribution in [3.8, 4) is 0 Å². The Balaban J connectivity index is 2.05. The molecule has 0 unspecified atom stereocenters. The van der Waals surface area contributed by atoms with E-state index in [-0.39, 0.29) is 6.67 Å². The lowest BCUT2D eigenvalue weighted by molar-refractivity contribution is 0.241. The Bertz CT molecular complexity index is 335. The first kappa shape index (κ1) is 10.6. The van der Waals surface area contributed by atoms with E-state index in [1.165, 1.54) is 16.7 Å². The predicted octanol–water partition coefficient (Wildman–Crippen LogP) is 2.71. The maximum atomic E-state index is 12.1. The van der Waals surface area contributed by atoms with Crippen LogP contribution in [0.25, 0.3) is 0 Å². The Kier molecular flexibility index (Phi) is 3.37. The summed E-state index contributed by atoms with van der Waals surface area (Å²) in [6, 6.07) is 6.67. The quantitative estimate of drug-likeness (QED) is 0.736. The number of benzene rings is 1. The fraction of sp³-hybridized carbons (Fsp3) is 0.538. The van der Waals surface area contributed by atoms with Gasteiger partial charge >= 0.3 is 0 Å². The average molecular weight is 207 g/mol. The van der Waals surface area contributed by atoms with E-state index in [2.05, 4.69) is 30.0 Å². The molecule has 1 aromatic rings. The summed E-state index contributed by atoms with van der Waals surface area (Å²) < 4.78 is 12.1. The molecule has 0 fully saturated rings. The van der Waals surface area contributed by atoms with E-state index < -0.39 is 0 Å². The summed E-state index contributed by atoms with van der Waals surface area (Å²) in [7, 11) is 0. The van der Waals surface area contributed by atoms with Crippen LogP contribution in [0.4, 0.5) is 4.39 Å². The third-order valence-electron chi connectivity index (χ3n) is 3.06. The van der Waals surface area contributed by atoms with Gasteiger partial charge in [-0.25, -0.2) is 0 Å². The lowest BCUT2D eigenvalue weighted by Crippen LogP contribution is -2.31. The van der Waals surface area contributed by atoms with Gasteiger partial charge in [0.05, 0.1) is 6.67 Å². The van der Waals surface area contributed by atoms with Gasteiger partial charge in [-0.2, -0.15) is 0 Å². The molecule has 0 amide bonds. The molecule has 0 atom stereocenters. The van der Waals surface area contributed by atoms with Gasteiger partial charge in [-0.15, -0.1) is 0 Å². The van der Waals surface area contributed by atoms with Crippen LogP contribution in [0.5, 0.6) is 0 Å². The van der Waals surface area contributed by atoms with Crippen molar-refractivity contribution in [3.05, 3.63) is 34.9 Å². The zero-order valence-electron chi connectivity index (χ0n) is 9.30. The molecule has 0 spiro atoms. The van der Waals surface area contributed by atoms with Gasteiger partial charge in [-0.05, 0) is 30.9 Å². The van der Waals surface area contributed by atoms with E-state index in [1.807, 2.05) is 0 Å². The largest absolute Gasteiger partial charge is 0.299 e. The molecule has 1 aliphatic rings. The lowest BCUT2D eigenvalue weighted by atomic mass is 9.98. The van der Waals surface area contributed by atoms with Gasteiger partial charge in [-0.1, -0.05) is 23.8 Å². The van der Waals surface area contributed by atoms with Gasteiger partial charge in [0.15, 0.2) is 0 Å². The third-order valence-corrected chi connectivity index (χ3v) is 3.06. The number of rotatable bonds is 3. The highest BCUT2D eigenvalue weighted by molar-refractivity contribution is 5.33. The highest BCUT2D eigenvalue weighted by Gasteiger charge is 2.15. The minimum Gasteiger partial charge on any atom is -0.299 e. The van der Waals surface area contributed by atoms with Crippen molar-refractivity contribution in [3.63, 3.8) is 0 Å². The summed E-state index contributed by atoms with van der Waals surface area (Å²) >= 11 is 0. The first-order chi connectivity index (χ1) is 7.29. The van der Waals surface area contributed by atoms with Crippen molar-refractivity contribution < 1.29 is 4.39 Å². The molecule has 0 N–H and O–H groups in total. The second-order valence-corrected chi connectivity index (χ2v) is 4.34. The molecule has 82 valence electrons. The van der Waals surface area contributed by atoms with E-state index >= 15 is 0 Å². The molecule has 1 aromatic carbocycles. The summed E-state index contributed by atoms with van der Waals surface area (Å²) in [6.45, 7) is 4.90. The number of hydrogen-bond donors (Lipinski definition) is 0. The van der Waals surface area contributed by atoms with Crippen molar-refractivity contribution in [2.24, 2.45) is 0 Å². The predicted molar refractivity (Wildman–Crippen MR) is 60.8 cm³/mol. The van der Waals surface area contributed by atoms with Crippen LogP contribution in [0.15, 0.2) is 18.2 Å². The number of alkyl halides is 1. The fourth-order valence-electron chi connectivity index (χ4n) is 2.22. The second-order valence-electron chi connectivity index (χ2n) is 4.34. The van der Waals surface area contributed by atoms with Crippen molar-refractivity contribution in [2.75, 3.05) is 19.8 Å². The topological polar surface area (TPSA) is 3.24 Å². The summed E-state index contributed by atoms with van der Waals surface area (Å²) in [5.74, 6) is 0. The van der Waals surface area contributed by atoms with E-state index in [9.17, 15) is 4.39 Å². The molecule has 2 rings (SSSR count). The molecule has 15 heavy (non-hydrogen) atoms. The van der Waals surface area contributed by atoms with E-state index in [0.717, 1.165) is 26.1 Å². The number of halogens is 1. The molecule has 0 bridgehead atoms. The van der Waals surface area contributed by atoms with Crippen LogP contribution in [0, 0.1) is 6.92 Å². The summed E-state index contributed by atoms with van der Waals surface area (Å²) in [5, 5.41) is 0. The van der Waals surface area contributed by atoms with Crippen molar-refractivity contribution in [2.45, 2.75) is 26.3 Å². The highest BCUT2D eigenvalue weighted by atomic mass is 19.1. The number of aryl methyl sites for hydroxylation is 1. The maximum Gasteiger partial charge on any atom is 0.0906 e. The molecule has 0 saturated carbocycles. The summed E-state index contributed by atoms with van der Waals surface area (Å²) in [6.07, 6.45) is 1.78. The van der Waals surface area contributed by atoms with Crippen LogP contribution in [0.2, 0.25) is 0 Å².